The monoisotopic (exact) mass is 388 g/mol. The van der Waals surface area contributed by atoms with Crippen LogP contribution in [0.3, 0.4) is 0 Å². The fraction of sp³-hybridized carbons (Fsp3) is 0.400. The third-order valence-corrected chi connectivity index (χ3v) is 6.42. The molecule has 4 rings (SSSR count). The molecule has 27 heavy (non-hydrogen) atoms. The minimum atomic E-state index is -0.394. The zero-order valence-corrected chi connectivity index (χ0v) is 15.6. The highest BCUT2D eigenvalue weighted by Gasteiger charge is 2.51. The van der Waals surface area contributed by atoms with E-state index in [0.717, 1.165) is 12.8 Å². The molecular weight excluding hydrogens is 367 g/mol. The SMILES string of the molecule is O=C(Nc1cccc(F)c1)[C@H]1CN(C(=O)c2cccs2)CC12CCOCC2. The van der Waals surface area contributed by atoms with E-state index in [1.807, 2.05) is 17.5 Å². The van der Waals surface area contributed by atoms with Crippen molar-refractivity contribution in [2.45, 2.75) is 12.8 Å². The summed E-state index contributed by atoms with van der Waals surface area (Å²) >= 11 is 1.41. The van der Waals surface area contributed by atoms with Gasteiger partial charge in [0.25, 0.3) is 5.91 Å². The Morgan fingerprint density at radius 2 is 2.04 bits per heavy atom. The van der Waals surface area contributed by atoms with Gasteiger partial charge < -0.3 is 15.0 Å². The first-order valence-corrected chi connectivity index (χ1v) is 9.92. The van der Waals surface area contributed by atoms with Crippen LogP contribution in [0.1, 0.15) is 22.5 Å². The molecule has 0 radical (unpaired) electrons. The number of hydrogen-bond donors (Lipinski definition) is 1. The fourth-order valence-corrected chi connectivity index (χ4v) is 4.81. The van der Waals surface area contributed by atoms with E-state index in [0.29, 0.717) is 36.9 Å². The Bertz CT molecular complexity index is 834. The van der Waals surface area contributed by atoms with E-state index in [4.69, 9.17) is 4.74 Å². The molecule has 5 nitrogen and oxygen atoms in total. The van der Waals surface area contributed by atoms with Crippen molar-refractivity contribution < 1.29 is 18.7 Å². The molecule has 1 aromatic carbocycles. The topological polar surface area (TPSA) is 58.6 Å². The number of nitrogens with one attached hydrogen (secondary N) is 1. The van der Waals surface area contributed by atoms with E-state index in [9.17, 15) is 14.0 Å². The molecule has 0 saturated carbocycles. The summed E-state index contributed by atoms with van der Waals surface area (Å²) in [6, 6.07) is 9.54. The van der Waals surface area contributed by atoms with Gasteiger partial charge in [-0.25, -0.2) is 4.39 Å². The molecule has 142 valence electrons. The minimum absolute atomic E-state index is 0.0306. The molecule has 1 N–H and O–H groups in total. The molecule has 2 aliphatic rings. The molecule has 1 atom stereocenters. The molecule has 7 heteroatoms. The van der Waals surface area contributed by atoms with Crippen LogP contribution in [0.4, 0.5) is 10.1 Å². The number of rotatable bonds is 3. The fourth-order valence-electron chi connectivity index (χ4n) is 4.12. The zero-order valence-electron chi connectivity index (χ0n) is 14.8. The summed E-state index contributed by atoms with van der Waals surface area (Å²) in [5.41, 5.74) is 0.146. The van der Waals surface area contributed by atoms with E-state index in [2.05, 4.69) is 5.32 Å². The van der Waals surface area contributed by atoms with Crippen molar-refractivity contribution in [2.75, 3.05) is 31.6 Å². The second kappa shape index (κ2) is 7.40. The average Bonchev–Trinajstić information content (AvgIpc) is 3.31. The van der Waals surface area contributed by atoms with Crippen LogP contribution >= 0.6 is 11.3 Å². The third kappa shape index (κ3) is 3.61. The first-order valence-electron chi connectivity index (χ1n) is 9.04. The van der Waals surface area contributed by atoms with Crippen LogP contribution < -0.4 is 5.32 Å². The number of ether oxygens (including phenoxy) is 1. The van der Waals surface area contributed by atoms with Crippen molar-refractivity contribution in [2.24, 2.45) is 11.3 Å². The van der Waals surface area contributed by atoms with E-state index in [1.54, 1.807) is 17.0 Å². The Morgan fingerprint density at radius 3 is 2.74 bits per heavy atom. The average molecular weight is 388 g/mol. The molecule has 2 amide bonds. The van der Waals surface area contributed by atoms with Gasteiger partial charge in [0.15, 0.2) is 0 Å². The van der Waals surface area contributed by atoms with Crippen molar-refractivity contribution in [3.63, 3.8) is 0 Å². The summed E-state index contributed by atoms with van der Waals surface area (Å²) in [7, 11) is 0. The number of thiophene rings is 1. The molecule has 2 saturated heterocycles. The number of amides is 2. The lowest BCUT2D eigenvalue weighted by Gasteiger charge is -2.37. The van der Waals surface area contributed by atoms with Gasteiger partial charge in [-0.3, -0.25) is 9.59 Å². The Balaban J connectivity index is 1.56. The van der Waals surface area contributed by atoms with Crippen LogP contribution in [-0.2, 0) is 9.53 Å². The number of hydrogen-bond acceptors (Lipinski definition) is 4. The Labute approximate surface area is 161 Å². The van der Waals surface area contributed by atoms with Crippen LogP contribution in [-0.4, -0.2) is 43.0 Å². The van der Waals surface area contributed by atoms with Gasteiger partial charge in [-0.15, -0.1) is 11.3 Å². The predicted molar refractivity (Wildman–Crippen MR) is 101 cm³/mol. The van der Waals surface area contributed by atoms with E-state index in [1.165, 1.54) is 23.5 Å². The molecule has 2 aliphatic heterocycles. The summed E-state index contributed by atoms with van der Waals surface area (Å²) < 4.78 is 19.0. The van der Waals surface area contributed by atoms with Crippen LogP contribution in [0.2, 0.25) is 0 Å². The number of carbonyl (C=O) groups is 2. The van der Waals surface area contributed by atoms with E-state index in [-0.39, 0.29) is 23.1 Å². The lowest BCUT2D eigenvalue weighted by atomic mass is 9.71. The van der Waals surface area contributed by atoms with Gasteiger partial charge in [0.1, 0.15) is 5.82 Å². The van der Waals surface area contributed by atoms with Crippen LogP contribution in [0.5, 0.6) is 0 Å². The number of nitrogens with zero attached hydrogens (tertiary/aromatic N) is 1. The molecule has 2 aromatic rings. The third-order valence-electron chi connectivity index (χ3n) is 5.56. The van der Waals surface area contributed by atoms with Crippen molar-refractivity contribution in [1.82, 2.24) is 4.90 Å². The second-order valence-electron chi connectivity index (χ2n) is 7.19. The molecular formula is C20H21FN2O3S. The second-order valence-corrected chi connectivity index (χ2v) is 8.14. The van der Waals surface area contributed by atoms with Crippen LogP contribution in [0.15, 0.2) is 41.8 Å². The first-order chi connectivity index (χ1) is 13.1. The Morgan fingerprint density at radius 1 is 1.22 bits per heavy atom. The Hall–Kier alpha value is -2.25. The van der Waals surface area contributed by atoms with Gasteiger partial charge in [-0.05, 0) is 42.5 Å². The highest BCUT2D eigenvalue weighted by molar-refractivity contribution is 7.12. The molecule has 0 aliphatic carbocycles. The summed E-state index contributed by atoms with van der Waals surface area (Å²) in [6.07, 6.45) is 1.48. The molecule has 1 aromatic heterocycles. The summed E-state index contributed by atoms with van der Waals surface area (Å²) in [5, 5.41) is 4.71. The van der Waals surface area contributed by atoms with Gasteiger partial charge in [0.2, 0.25) is 5.91 Å². The van der Waals surface area contributed by atoms with Gasteiger partial charge >= 0.3 is 0 Å². The molecule has 0 bridgehead atoms. The van der Waals surface area contributed by atoms with Gasteiger partial charge in [-0.1, -0.05) is 12.1 Å². The molecule has 0 unspecified atom stereocenters. The molecule has 2 fully saturated rings. The standard InChI is InChI=1S/C20H21FN2O3S/c21-14-3-1-4-15(11-14)22-18(24)16-12-23(19(25)17-5-2-10-27-17)13-20(16)6-8-26-9-7-20/h1-5,10-11,16H,6-9,12-13H2,(H,22,24)/t16-/m1/s1. The van der Waals surface area contributed by atoms with Gasteiger partial charge in [0.05, 0.1) is 10.8 Å². The zero-order chi connectivity index (χ0) is 18.9. The Kier molecular flexibility index (Phi) is 4.97. The number of carbonyl (C=O) groups excluding carboxylic acids is 2. The maximum absolute atomic E-state index is 13.4. The number of anilines is 1. The maximum Gasteiger partial charge on any atom is 0.263 e. The van der Waals surface area contributed by atoms with E-state index < -0.39 is 5.82 Å². The number of halogens is 1. The molecule has 3 heterocycles. The van der Waals surface area contributed by atoms with Crippen molar-refractivity contribution in [3.8, 4) is 0 Å². The van der Waals surface area contributed by atoms with Gasteiger partial charge in [-0.2, -0.15) is 0 Å². The predicted octanol–water partition coefficient (Wildman–Crippen LogP) is 3.39. The summed E-state index contributed by atoms with van der Waals surface area (Å²) in [6.45, 7) is 2.10. The normalized spacial score (nSPS) is 21.4. The number of benzene rings is 1. The lowest BCUT2D eigenvalue weighted by Crippen LogP contribution is -2.42. The smallest absolute Gasteiger partial charge is 0.263 e. The lowest BCUT2D eigenvalue weighted by molar-refractivity contribution is -0.124. The minimum Gasteiger partial charge on any atom is -0.381 e. The maximum atomic E-state index is 13.4. The van der Waals surface area contributed by atoms with Gasteiger partial charge in [0, 0.05) is 37.4 Å². The summed E-state index contributed by atoms with van der Waals surface area (Å²) in [5.74, 6) is -0.927. The highest BCUT2D eigenvalue weighted by Crippen LogP contribution is 2.45. The molecule has 1 spiro atoms. The number of likely N-dealkylation sites (tertiary alicyclic amines) is 1. The largest absolute Gasteiger partial charge is 0.381 e. The van der Waals surface area contributed by atoms with Crippen molar-refractivity contribution in [1.29, 1.82) is 0 Å². The van der Waals surface area contributed by atoms with Crippen LogP contribution in [0, 0.1) is 17.2 Å². The van der Waals surface area contributed by atoms with Crippen molar-refractivity contribution >= 4 is 28.8 Å². The van der Waals surface area contributed by atoms with Crippen molar-refractivity contribution in [3.05, 3.63) is 52.5 Å². The highest BCUT2D eigenvalue weighted by atomic mass is 32.1. The van der Waals surface area contributed by atoms with Crippen LogP contribution in [0.25, 0.3) is 0 Å². The summed E-state index contributed by atoms with van der Waals surface area (Å²) in [4.78, 5) is 28.3. The first kappa shape index (κ1) is 18.1. The van der Waals surface area contributed by atoms with E-state index >= 15 is 0 Å². The quantitative estimate of drug-likeness (QED) is 0.877.